The van der Waals surface area contributed by atoms with Crippen LogP contribution in [0.5, 0.6) is 0 Å². The summed E-state index contributed by atoms with van der Waals surface area (Å²) in [4.78, 5) is 2.47. The van der Waals surface area contributed by atoms with Crippen molar-refractivity contribution in [3.8, 4) is 33.4 Å². The Labute approximate surface area is 313 Å². The van der Waals surface area contributed by atoms with Gasteiger partial charge in [-0.1, -0.05) is 146 Å². The van der Waals surface area contributed by atoms with Crippen LogP contribution in [0.25, 0.3) is 76.9 Å². The molecule has 0 fully saturated rings. The Morgan fingerprint density at radius 3 is 1.93 bits per heavy atom. The van der Waals surface area contributed by atoms with Crippen LogP contribution >= 0.6 is 0 Å². The fraction of sp³-hybridized carbons (Fsp3) is 0.0385. The molecule has 0 amide bonds. The van der Waals surface area contributed by atoms with E-state index < -0.39 is 0 Å². The lowest BCUT2D eigenvalue weighted by atomic mass is 9.70. The molecule has 252 valence electrons. The first kappa shape index (κ1) is 29.7. The molecule has 0 spiro atoms. The third kappa shape index (κ3) is 3.89. The van der Waals surface area contributed by atoms with E-state index in [-0.39, 0.29) is 5.41 Å². The van der Waals surface area contributed by atoms with Crippen molar-refractivity contribution in [1.82, 2.24) is 0 Å². The van der Waals surface area contributed by atoms with Crippen molar-refractivity contribution >= 4 is 60.5 Å². The highest BCUT2D eigenvalue weighted by Gasteiger charge is 2.48. The van der Waals surface area contributed by atoms with Crippen molar-refractivity contribution in [2.45, 2.75) is 12.3 Å². The zero-order valence-corrected chi connectivity index (χ0v) is 29.7. The zero-order valence-electron chi connectivity index (χ0n) is 29.7. The lowest BCUT2D eigenvalue weighted by molar-refractivity contribution is 0.666. The topological polar surface area (TPSA) is 16.4 Å². The van der Waals surface area contributed by atoms with Crippen molar-refractivity contribution in [3.05, 3.63) is 199 Å². The molecule has 0 saturated heterocycles. The highest BCUT2D eigenvalue weighted by atomic mass is 16.3. The van der Waals surface area contributed by atoms with Gasteiger partial charge in [0.25, 0.3) is 0 Å². The SMILES string of the molecule is CC12c3ccccc3-c3cccc(c31)N(c1ccc(-c3cccc4cccc(-c5ccccc5)c34)cc1)c1cc3oc4ccc5ccccc5c4c3cc12. The van der Waals surface area contributed by atoms with E-state index in [2.05, 4.69) is 194 Å². The van der Waals surface area contributed by atoms with Gasteiger partial charge < -0.3 is 9.32 Å². The molecule has 1 aliphatic heterocycles. The van der Waals surface area contributed by atoms with Gasteiger partial charge in [0.15, 0.2) is 0 Å². The van der Waals surface area contributed by atoms with Crippen LogP contribution in [0, 0.1) is 0 Å². The summed E-state index contributed by atoms with van der Waals surface area (Å²) in [6.07, 6.45) is 0. The average molecular weight is 688 g/mol. The van der Waals surface area contributed by atoms with Crippen LogP contribution < -0.4 is 4.90 Å². The number of hydrogen-bond donors (Lipinski definition) is 0. The average Bonchev–Trinajstić information content (AvgIpc) is 3.74. The quantitative estimate of drug-likeness (QED) is 0.184. The number of anilines is 3. The summed E-state index contributed by atoms with van der Waals surface area (Å²) in [7, 11) is 0. The predicted molar refractivity (Wildman–Crippen MR) is 225 cm³/mol. The number of hydrogen-bond acceptors (Lipinski definition) is 2. The highest BCUT2D eigenvalue weighted by Crippen LogP contribution is 2.63. The number of furan rings is 1. The van der Waals surface area contributed by atoms with Gasteiger partial charge in [-0.3, -0.25) is 0 Å². The highest BCUT2D eigenvalue weighted by molar-refractivity contribution is 6.20. The molecular weight excluding hydrogens is 655 g/mol. The first-order chi connectivity index (χ1) is 26.7. The molecule has 12 rings (SSSR count). The van der Waals surface area contributed by atoms with Crippen LogP contribution in [-0.4, -0.2) is 0 Å². The van der Waals surface area contributed by atoms with Crippen LogP contribution in [-0.2, 0) is 5.41 Å². The Balaban J connectivity index is 1.10. The molecule has 0 bridgehead atoms. The smallest absolute Gasteiger partial charge is 0.137 e. The summed E-state index contributed by atoms with van der Waals surface area (Å²) in [5.74, 6) is 0. The molecule has 1 unspecified atom stereocenters. The maximum Gasteiger partial charge on any atom is 0.137 e. The second-order valence-electron chi connectivity index (χ2n) is 15.0. The maximum atomic E-state index is 6.72. The molecule has 2 heteroatoms. The lowest BCUT2D eigenvalue weighted by Crippen LogP contribution is -2.32. The van der Waals surface area contributed by atoms with E-state index in [0.717, 1.165) is 27.9 Å². The van der Waals surface area contributed by atoms with E-state index in [9.17, 15) is 0 Å². The molecule has 10 aromatic rings. The van der Waals surface area contributed by atoms with Crippen molar-refractivity contribution in [2.75, 3.05) is 4.90 Å². The monoisotopic (exact) mass is 687 g/mol. The van der Waals surface area contributed by atoms with E-state index in [4.69, 9.17) is 4.42 Å². The minimum absolute atomic E-state index is 0.340. The van der Waals surface area contributed by atoms with E-state index >= 15 is 0 Å². The molecular formula is C52H33NO. The molecule has 1 aliphatic carbocycles. The molecule has 0 radical (unpaired) electrons. The zero-order chi connectivity index (χ0) is 35.5. The molecule has 0 N–H and O–H groups in total. The van der Waals surface area contributed by atoms with Crippen molar-refractivity contribution in [1.29, 1.82) is 0 Å². The number of fused-ring (bicyclic) bond motifs is 11. The van der Waals surface area contributed by atoms with E-state index in [1.807, 2.05) is 0 Å². The van der Waals surface area contributed by atoms with Gasteiger partial charge in [0.2, 0.25) is 0 Å². The van der Waals surface area contributed by atoms with Gasteiger partial charge in [-0.15, -0.1) is 0 Å². The predicted octanol–water partition coefficient (Wildman–Crippen LogP) is 14.3. The van der Waals surface area contributed by atoms with Gasteiger partial charge in [0.05, 0.1) is 11.4 Å². The number of rotatable bonds is 3. The van der Waals surface area contributed by atoms with Gasteiger partial charge in [0, 0.05) is 27.9 Å². The number of benzene rings is 9. The summed E-state index contributed by atoms with van der Waals surface area (Å²) in [6.45, 7) is 2.43. The van der Waals surface area contributed by atoms with Crippen LogP contribution in [0.3, 0.4) is 0 Å². The lowest BCUT2D eigenvalue weighted by Gasteiger charge is -2.42. The third-order valence-electron chi connectivity index (χ3n) is 12.2. The number of nitrogens with zero attached hydrogens (tertiary/aromatic N) is 1. The molecule has 9 aromatic carbocycles. The summed E-state index contributed by atoms with van der Waals surface area (Å²) in [6, 6.07) is 66.7. The van der Waals surface area contributed by atoms with Gasteiger partial charge in [0.1, 0.15) is 11.2 Å². The Morgan fingerprint density at radius 1 is 0.426 bits per heavy atom. The minimum atomic E-state index is -0.340. The van der Waals surface area contributed by atoms with Crippen molar-refractivity contribution < 1.29 is 4.42 Å². The molecule has 2 heterocycles. The molecule has 54 heavy (non-hydrogen) atoms. The minimum Gasteiger partial charge on any atom is -0.456 e. The molecule has 2 nitrogen and oxygen atoms in total. The van der Waals surface area contributed by atoms with E-state index in [1.54, 1.807) is 0 Å². The molecule has 2 aliphatic rings. The van der Waals surface area contributed by atoms with Crippen molar-refractivity contribution in [2.24, 2.45) is 0 Å². The molecule has 1 atom stereocenters. The normalized spacial score (nSPS) is 15.5. The fourth-order valence-electron chi connectivity index (χ4n) is 9.85. The van der Waals surface area contributed by atoms with E-state index in [0.29, 0.717) is 0 Å². The van der Waals surface area contributed by atoms with Crippen molar-refractivity contribution in [3.63, 3.8) is 0 Å². The maximum absolute atomic E-state index is 6.72. The molecule has 1 aromatic heterocycles. The fourth-order valence-corrected chi connectivity index (χ4v) is 9.85. The largest absolute Gasteiger partial charge is 0.456 e. The van der Waals surface area contributed by atoms with Gasteiger partial charge in [-0.25, -0.2) is 0 Å². The first-order valence-corrected chi connectivity index (χ1v) is 18.8. The standard InChI is InChI=1S/C52H33NO/c1-52-43-22-8-7-18-40(43)41-21-11-23-45(51(41)52)53(46-31-48-42(30-44(46)52)50-39-17-6-5-14-33(39)26-29-47(50)54-48)36-27-24-34(25-28-36)38-20-10-16-35-15-9-19-37(49(35)38)32-12-3-2-4-13-32/h2-31H,1H3. The Morgan fingerprint density at radius 2 is 1.09 bits per heavy atom. The van der Waals surface area contributed by atoms with Crippen LogP contribution in [0.15, 0.2) is 186 Å². The van der Waals surface area contributed by atoms with Gasteiger partial charge in [-0.2, -0.15) is 0 Å². The third-order valence-corrected chi connectivity index (χ3v) is 12.2. The van der Waals surface area contributed by atoms with E-state index in [1.165, 1.54) is 82.7 Å². The van der Waals surface area contributed by atoms with Crippen LogP contribution in [0.4, 0.5) is 17.1 Å². The van der Waals surface area contributed by atoms with Gasteiger partial charge in [-0.05, 0) is 109 Å². The molecule has 0 saturated carbocycles. The summed E-state index contributed by atoms with van der Waals surface area (Å²) >= 11 is 0. The van der Waals surface area contributed by atoms with Crippen LogP contribution in [0.2, 0.25) is 0 Å². The Kier molecular flexibility index (Phi) is 5.94. The summed E-state index contributed by atoms with van der Waals surface area (Å²) in [5, 5.41) is 7.30. The van der Waals surface area contributed by atoms with Gasteiger partial charge >= 0.3 is 0 Å². The van der Waals surface area contributed by atoms with Crippen LogP contribution in [0.1, 0.15) is 23.6 Å². The first-order valence-electron chi connectivity index (χ1n) is 18.8. The Bertz CT molecular complexity index is 3170. The Hall–Kier alpha value is -6.90. The summed E-state index contributed by atoms with van der Waals surface area (Å²) in [5.41, 5.74) is 16.5. The second-order valence-corrected chi connectivity index (χ2v) is 15.0. The summed E-state index contributed by atoms with van der Waals surface area (Å²) < 4.78 is 6.72. The second kappa shape index (κ2) is 10.8.